The third-order valence-corrected chi connectivity index (χ3v) is 5.54. The number of aromatic nitrogens is 2. The van der Waals surface area contributed by atoms with Crippen molar-refractivity contribution in [2.45, 2.75) is 26.7 Å². The van der Waals surface area contributed by atoms with Crippen molar-refractivity contribution in [3.05, 3.63) is 71.8 Å². The fourth-order valence-electron chi connectivity index (χ4n) is 3.70. The highest BCUT2D eigenvalue weighted by Gasteiger charge is 2.27. The third-order valence-electron chi connectivity index (χ3n) is 5.54. The Morgan fingerprint density at radius 1 is 1.06 bits per heavy atom. The summed E-state index contributed by atoms with van der Waals surface area (Å²) in [6, 6.07) is 12.4. The summed E-state index contributed by atoms with van der Waals surface area (Å²) in [4.78, 5) is 23.6. The Morgan fingerprint density at radius 2 is 1.81 bits per heavy atom. The highest BCUT2D eigenvalue weighted by atomic mass is 19.1. The van der Waals surface area contributed by atoms with Gasteiger partial charge in [0.1, 0.15) is 11.6 Å². The molecule has 4 rings (SSSR count). The van der Waals surface area contributed by atoms with Crippen molar-refractivity contribution >= 4 is 17.4 Å². The van der Waals surface area contributed by atoms with Gasteiger partial charge in [-0.15, -0.1) is 0 Å². The molecule has 1 aliphatic heterocycles. The quantitative estimate of drug-likeness (QED) is 0.637. The van der Waals surface area contributed by atoms with Crippen molar-refractivity contribution in [3.63, 3.8) is 0 Å². The van der Waals surface area contributed by atoms with Crippen LogP contribution in [-0.4, -0.2) is 29.0 Å². The van der Waals surface area contributed by atoms with E-state index in [1.807, 2.05) is 31.2 Å². The van der Waals surface area contributed by atoms with Gasteiger partial charge in [0.05, 0.1) is 0 Å². The van der Waals surface area contributed by atoms with E-state index >= 15 is 0 Å². The highest BCUT2D eigenvalue weighted by Crippen LogP contribution is 2.32. The lowest BCUT2D eigenvalue weighted by Gasteiger charge is -2.32. The van der Waals surface area contributed by atoms with Crippen LogP contribution >= 0.6 is 0 Å². The van der Waals surface area contributed by atoms with E-state index in [0.29, 0.717) is 48.9 Å². The number of anilines is 2. The molecule has 0 aliphatic carbocycles. The van der Waals surface area contributed by atoms with Gasteiger partial charge in [0, 0.05) is 37.1 Å². The molecule has 0 spiro atoms. The topological polar surface area (TPSA) is 67.4 Å². The number of piperidine rings is 1. The Balaban J connectivity index is 1.40. The van der Waals surface area contributed by atoms with E-state index in [1.165, 1.54) is 6.07 Å². The second-order valence-electron chi connectivity index (χ2n) is 7.77. The molecule has 2 aromatic carbocycles. The molecule has 0 bridgehead atoms. The van der Waals surface area contributed by atoms with Crippen LogP contribution in [0.1, 0.15) is 24.0 Å². The van der Waals surface area contributed by atoms with Crippen LogP contribution in [0.5, 0.6) is 11.6 Å². The van der Waals surface area contributed by atoms with Gasteiger partial charge in [-0.25, -0.2) is 14.4 Å². The van der Waals surface area contributed by atoms with Gasteiger partial charge in [-0.2, -0.15) is 0 Å². The molecule has 7 heteroatoms. The molecule has 1 aromatic heterocycles. The van der Waals surface area contributed by atoms with Crippen LogP contribution in [0.4, 0.5) is 15.9 Å². The summed E-state index contributed by atoms with van der Waals surface area (Å²) in [6.07, 6.45) is 4.64. The fraction of sp³-hybridized carbons (Fsp3) is 0.292. The molecule has 2 heterocycles. The van der Waals surface area contributed by atoms with Crippen molar-refractivity contribution in [2.75, 3.05) is 23.3 Å². The van der Waals surface area contributed by atoms with Gasteiger partial charge in [-0.05, 0) is 62.1 Å². The van der Waals surface area contributed by atoms with Crippen molar-refractivity contribution in [1.82, 2.24) is 9.97 Å². The second-order valence-corrected chi connectivity index (χ2v) is 7.77. The zero-order chi connectivity index (χ0) is 21.8. The Bertz CT molecular complexity index is 1080. The van der Waals surface area contributed by atoms with Gasteiger partial charge in [-0.3, -0.25) is 4.79 Å². The SMILES string of the molecule is Cc1cc(NC(=O)C2CCN(c3nccnc3Oc3ccccc3C)CC2)ccc1F. The molecule has 0 radical (unpaired) electrons. The number of carbonyl (C=O) groups excluding carboxylic acids is 1. The molecular weight excluding hydrogens is 395 g/mol. The molecule has 1 N–H and O–H groups in total. The molecule has 0 unspecified atom stereocenters. The summed E-state index contributed by atoms with van der Waals surface area (Å²) in [5.41, 5.74) is 2.15. The van der Waals surface area contributed by atoms with E-state index < -0.39 is 0 Å². The lowest BCUT2D eigenvalue weighted by molar-refractivity contribution is -0.120. The number of hydrogen-bond donors (Lipinski definition) is 1. The molecule has 3 aromatic rings. The van der Waals surface area contributed by atoms with Crippen LogP contribution in [0.2, 0.25) is 0 Å². The van der Waals surface area contributed by atoms with Crippen molar-refractivity contribution in [1.29, 1.82) is 0 Å². The largest absolute Gasteiger partial charge is 0.436 e. The fourth-order valence-corrected chi connectivity index (χ4v) is 3.70. The molecule has 1 aliphatic rings. The number of carbonyl (C=O) groups is 1. The maximum Gasteiger partial charge on any atom is 0.263 e. The smallest absolute Gasteiger partial charge is 0.263 e. The molecule has 6 nitrogen and oxygen atoms in total. The number of nitrogens with zero attached hydrogens (tertiary/aromatic N) is 3. The Kier molecular flexibility index (Phi) is 6.11. The summed E-state index contributed by atoms with van der Waals surface area (Å²) < 4.78 is 19.5. The lowest BCUT2D eigenvalue weighted by atomic mass is 9.95. The van der Waals surface area contributed by atoms with Crippen LogP contribution in [0, 0.1) is 25.6 Å². The number of ether oxygens (including phenoxy) is 1. The molecule has 1 amide bonds. The van der Waals surface area contributed by atoms with Gasteiger partial charge in [-0.1, -0.05) is 18.2 Å². The average molecular weight is 420 g/mol. The van der Waals surface area contributed by atoms with Crippen LogP contribution in [-0.2, 0) is 4.79 Å². The third kappa shape index (κ3) is 4.82. The lowest BCUT2D eigenvalue weighted by Crippen LogP contribution is -2.38. The first-order chi connectivity index (χ1) is 15.0. The van der Waals surface area contributed by atoms with Crippen molar-refractivity contribution in [3.8, 4) is 11.6 Å². The maximum absolute atomic E-state index is 13.4. The number of para-hydroxylation sites is 1. The van der Waals surface area contributed by atoms with Crippen molar-refractivity contribution < 1.29 is 13.9 Å². The molecular formula is C24H25FN4O2. The molecule has 160 valence electrons. The normalized spacial score (nSPS) is 14.4. The predicted molar refractivity (Wildman–Crippen MR) is 118 cm³/mol. The van der Waals surface area contributed by atoms with E-state index in [2.05, 4.69) is 20.2 Å². The number of rotatable bonds is 5. The number of amides is 1. The van der Waals surface area contributed by atoms with Gasteiger partial charge in [0.25, 0.3) is 5.88 Å². The number of hydrogen-bond acceptors (Lipinski definition) is 5. The number of halogens is 1. The number of aryl methyl sites for hydroxylation is 2. The number of benzene rings is 2. The Labute approximate surface area is 181 Å². The van der Waals surface area contributed by atoms with Gasteiger partial charge in [0.15, 0.2) is 5.82 Å². The van der Waals surface area contributed by atoms with E-state index in [9.17, 15) is 9.18 Å². The van der Waals surface area contributed by atoms with E-state index in [0.717, 1.165) is 11.3 Å². The molecule has 1 fully saturated rings. The first-order valence-corrected chi connectivity index (χ1v) is 10.4. The Morgan fingerprint density at radius 3 is 2.55 bits per heavy atom. The predicted octanol–water partition coefficient (Wildman–Crippen LogP) is 4.88. The van der Waals surface area contributed by atoms with Crippen LogP contribution < -0.4 is 15.0 Å². The zero-order valence-corrected chi connectivity index (χ0v) is 17.6. The first kappa shape index (κ1) is 20.8. The van der Waals surface area contributed by atoms with Crippen LogP contribution in [0.25, 0.3) is 0 Å². The standard InChI is InChI=1S/C24H25FN4O2/c1-16-5-3-4-6-21(16)31-24-22(26-11-12-27-24)29-13-9-18(10-14-29)23(30)28-19-7-8-20(25)17(2)15-19/h3-8,11-12,15,18H,9-10,13-14H2,1-2H3,(H,28,30). The van der Waals surface area contributed by atoms with Crippen LogP contribution in [0.3, 0.4) is 0 Å². The Hall–Kier alpha value is -3.48. The van der Waals surface area contributed by atoms with E-state index in [-0.39, 0.29) is 17.6 Å². The molecule has 0 saturated carbocycles. The molecule has 1 saturated heterocycles. The molecule has 0 atom stereocenters. The van der Waals surface area contributed by atoms with Crippen molar-refractivity contribution in [2.24, 2.45) is 5.92 Å². The maximum atomic E-state index is 13.4. The van der Waals surface area contributed by atoms with E-state index in [1.54, 1.807) is 31.5 Å². The van der Waals surface area contributed by atoms with Gasteiger partial charge < -0.3 is 15.0 Å². The first-order valence-electron chi connectivity index (χ1n) is 10.4. The average Bonchev–Trinajstić information content (AvgIpc) is 2.78. The summed E-state index contributed by atoms with van der Waals surface area (Å²) in [5.74, 6) is 1.45. The molecule has 31 heavy (non-hydrogen) atoms. The summed E-state index contributed by atoms with van der Waals surface area (Å²) >= 11 is 0. The number of nitrogens with one attached hydrogen (secondary N) is 1. The summed E-state index contributed by atoms with van der Waals surface area (Å²) in [7, 11) is 0. The van der Waals surface area contributed by atoms with Gasteiger partial charge in [0.2, 0.25) is 5.91 Å². The summed E-state index contributed by atoms with van der Waals surface area (Å²) in [6.45, 7) is 5.01. The second kappa shape index (κ2) is 9.12. The monoisotopic (exact) mass is 420 g/mol. The van der Waals surface area contributed by atoms with Crippen LogP contribution in [0.15, 0.2) is 54.9 Å². The minimum atomic E-state index is -0.279. The van der Waals surface area contributed by atoms with E-state index in [4.69, 9.17) is 4.74 Å². The zero-order valence-electron chi connectivity index (χ0n) is 17.6. The minimum Gasteiger partial charge on any atom is -0.436 e. The minimum absolute atomic E-state index is 0.0406. The highest BCUT2D eigenvalue weighted by molar-refractivity contribution is 5.92. The van der Waals surface area contributed by atoms with Gasteiger partial charge >= 0.3 is 0 Å². The summed E-state index contributed by atoms with van der Waals surface area (Å²) in [5, 5.41) is 2.91.